The minimum atomic E-state index is -1.68. The second kappa shape index (κ2) is 15.6. The number of phenols is 1. The van der Waals surface area contributed by atoms with Crippen molar-refractivity contribution in [1.29, 1.82) is 0 Å². The molecule has 0 fully saturated rings. The summed E-state index contributed by atoms with van der Waals surface area (Å²) >= 11 is 0. The normalized spacial score (nSPS) is 12.0. The third kappa shape index (κ3) is 8.88. The molecule has 1 unspecified atom stereocenters. The number of esters is 1. The molecule has 3 N–H and O–H groups in total. The molecule has 0 aromatic heterocycles. The minimum Gasteiger partial charge on any atom is -0.508 e. The first-order valence-electron chi connectivity index (χ1n) is 13.7. The summed E-state index contributed by atoms with van der Waals surface area (Å²) in [5, 5.41) is 14.6. The molecule has 44 heavy (non-hydrogen) atoms. The van der Waals surface area contributed by atoms with Crippen molar-refractivity contribution in [2.45, 2.75) is 45.1 Å². The van der Waals surface area contributed by atoms with Crippen molar-refractivity contribution in [1.82, 2.24) is 10.6 Å². The zero-order chi connectivity index (χ0) is 32.4. The van der Waals surface area contributed by atoms with Crippen LogP contribution in [-0.2, 0) is 25.5 Å². The fourth-order valence-corrected chi connectivity index (χ4v) is 4.29. The topological polar surface area (TPSA) is 105 Å². The maximum absolute atomic E-state index is 14.5. The van der Waals surface area contributed by atoms with E-state index in [9.17, 15) is 41.4 Å². The van der Waals surface area contributed by atoms with Crippen LogP contribution in [0.5, 0.6) is 5.75 Å². The molecule has 0 aliphatic rings. The number of carbonyl (C=O) groups excluding carboxylic acids is 3. The molecule has 3 rings (SSSR count). The van der Waals surface area contributed by atoms with Crippen LogP contribution in [0.1, 0.15) is 47.9 Å². The maximum atomic E-state index is 14.5. The highest BCUT2D eigenvalue weighted by Gasteiger charge is 2.24. The SMILES string of the molecule is COC(=O)C(Cc1ccc(O)cc1)NC(=O)CCCCCNC(=O)/C(=C\c1c(F)c(F)c(C)c(F)c1F)c1ccc(F)cc1. The number of methoxy groups -OCH3 is 1. The molecule has 0 saturated carbocycles. The van der Waals surface area contributed by atoms with Gasteiger partial charge in [-0.3, -0.25) is 9.59 Å². The number of nitrogens with one attached hydrogen (secondary N) is 2. The number of unbranched alkanes of at least 4 members (excludes halogenated alkanes) is 2. The fraction of sp³-hybridized carbons (Fsp3) is 0.281. The van der Waals surface area contributed by atoms with Gasteiger partial charge in [0.25, 0.3) is 5.91 Å². The number of rotatable bonds is 13. The molecule has 1 atom stereocenters. The number of ether oxygens (including phenoxy) is 1. The minimum absolute atomic E-state index is 0.0493. The summed E-state index contributed by atoms with van der Waals surface area (Å²) < 4.78 is 75.6. The Morgan fingerprint density at radius 1 is 0.864 bits per heavy atom. The summed E-state index contributed by atoms with van der Waals surface area (Å²) in [5.41, 5.74) is -1.55. The van der Waals surface area contributed by atoms with Crippen molar-refractivity contribution < 1.29 is 46.2 Å². The van der Waals surface area contributed by atoms with Crippen molar-refractivity contribution in [3.63, 3.8) is 0 Å². The highest BCUT2D eigenvalue weighted by atomic mass is 19.2. The van der Waals surface area contributed by atoms with Crippen LogP contribution in [-0.4, -0.2) is 42.6 Å². The van der Waals surface area contributed by atoms with E-state index in [0.29, 0.717) is 30.9 Å². The first-order valence-corrected chi connectivity index (χ1v) is 13.7. The second-order valence-electron chi connectivity index (χ2n) is 9.94. The smallest absolute Gasteiger partial charge is 0.328 e. The van der Waals surface area contributed by atoms with E-state index in [0.717, 1.165) is 19.1 Å². The van der Waals surface area contributed by atoms with Crippen molar-refractivity contribution in [2.24, 2.45) is 0 Å². The van der Waals surface area contributed by atoms with Gasteiger partial charge < -0.3 is 20.5 Å². The Morgan fingerprint density at radius 3 is 2.07 bits per heavy atom. The maximum Gasteiger partial charge on any atom is 0.328 e. The molecule has 3 aromatic rings. The Kier molecular flexibility index (Phi) is 12.0. The molecule has 0 spiro atoms. The van der Waals surface area contributed by atoms with Crippen molar-refractivity contribution in [3.8, 4) is 5.75 Å². The van der Waals surface area contributed by atoms with E-state index in [2.05, 4.69) is 10.6 Å². The molecule has 0 aliphatic carbocycles. The van der Waals surface area contributed by atoms with E-state index in [1.165, 1.54) is 31.4 Å². The van der Waals surface area contributed by atoms with Gasteiger partial charge in [-0.2, -0.15) is 0 Å². The first-order chi connectivity index (χ1) is 20.9. The lowest BCUT2D eigenvalue weighted by Crippen LogP contribution is -2.43. The summed E-state index contributed by atoms with van der Waals surface area (Å²) in [6.45, 7) is 0.947. The molecule has 0 saturated heterocycles. The van der Waals surface area contributed by atoms with Gasteiger partial charge in [0.2, 0.25) is 5.91 Å². The van der Waals surface area contributed by atoms with E-state index in [4.69, 9.17) is 4.74 Å². The predicted octanol–water partition coefficient (Wildman–Crippen LogP) is 5.51. The molecule has 234 valence electrons. The van der Waals surface area contributed by atoms with E-state index in [1.807, 2.05) is 0 Å². The molecule has 3 aromatic carbocycles. The van der Waals surface area contributed by atoms with Crippen molar-refractivity contribution in [3.05, 3.63) is 99.9 Å². The fourth-order valence-electron chi connectivity index (χ4n) is 4.29. The Hall–Kier alpha value is -4.74. The summed E-state index contributed by atoms with van der Waals surface area (Å²) in [4.78, 5) is 37.6. The van der Waals surface area contributed by atoms with Crippen molar-refractivity contribution in [2.75, 3.05) is 13.7 Å². The standard InChI is InChI=1S/C32H31F5N2O5/c1-18-27(34)29(36)24(30(37)28(18)35)17-23(20-9-11-21(33)12-10-20)31(42)38-15-5-3-4-6-26(41)39-25(32(43)44-2)16-19-7-13-22(40)14-8-19/h7-14,17,25,40H,3-6,15-16H2,1-2H3,(H,38,42)(H,39,41)/b23-17-. The van der Waals surface area contributed by atoms with Crippen LogP contribution < -0.4 is 10.6 Å². The summed E-state index contributed by atoms with van der Waals surface area (Å²) in [6, 6.07) is 9.61. The van der Waals surface area contributed by atoms with Gasteiger partial charge in [0, 0.05) is 30.5 Å². The molecule has 0 bridgehead atoms. The van der Waals surface area contributed by atoms with Gasteiger partial charge in [-0.05, 0) is 61.2 Å². The van der Waals surface area contributed by atoms with Crippen LogP contribution >= 0.6 is 0 Å². The second-order valence-corrected chi connectivity index (χ2v) is 9.94. The third-order valence-electron chi connectivity index (χ3n) is 6.77. The number of aromatic hydroxyl groups is 1. The van der Waals surface area contributed by atoms with Gasteiger partial charge in [-0.1, -0.05) is 30.7 Å². The highest BCUT2D eigenvalue weighted by molar-refractivity contribution is 6.24. The van der Waals surface area contributed by atoms with Gasteiger partial charge >= 0.3 is 5.97 Å². The molecule has 0 radical (unpaired) electrons. The van der Waals surface area contributed by atoms with Gasteiger partial charge in [-0.25, -0.2) is 26.7 Å². The van der Waals surface area contributed by atoms with Crippen LogP contribution in [0.25, 0.3) is 11.6 Å². The summed E-state index contributed by atoms with van der Waals surface area (Å²) in [7, 11) is 1.20. The molecular weight excluding hydrogens is 587 g/mol. The van der Waals surface area contributed by atoms with Crippen LogP contribution in [0.4, 0.5) is 22.0 Å². The van der Waals surface area contributed by atoms with Gasteiger partial charge in [-0.15, -0.1) is 0 Å². The van der Waals surface area contributed by atoms with Crippen molar-refractivity contribution >= 4 is 29.4 Å². The molecule has 0 heterocycles. The van der Waals surface area contributed by atoms with E-state index in [-0.39, 0.29) is 36.3 Å². The zero-order valence-electron chi connectivity index (χ0n) is 24.0. The third-order valence-corrected chi connectivity index (χ3v) is 6.77. The Balaban J connectivity index is 1.58. The van der Waals surface area contributed by atoms with E-state index in [1.54, 1.807) is 12.1 Å². The molecule has 7 nitrogen and oxygen atoms in total. The number of benzene rings is 3. The van der Waals surface area contributed by atoms with Crippen LogP contribution in [0.3, 0.4) is 0 Å². The lowest BCUT2D eigenvalue weighted by Gasteiger charge is -2.17. The quantitative estimate of drug-likeness (QED) is 0.0585. The first kappa shape index (κ1) is 33.8. The summed E-state index contributed by atoms with van der Waals surface area (Å²) in [6.07, 6.45) is 2.15. The van der Waals surface area contributed by atoms with Gasteiger partial charge in [0.15, 0.2) is 23.3 Å². The zero-order valence-corrected chi connectivity index (χ0v) is 24.0. The largest absolute Gasteiger partial charge is 0.508 e. The Labute approximate surface area is 250 Å². The number of halogens is 5. The summed E-state index contributed by atoms with van der Waals surface area (Å²) in [5.74, 6) is -8.99. The molecule has 12 heteroatoms. The molecular formula is C32H31F5N2O5. The number of hydrogen-bond acceptors (Lipinski definition) is 5. The Bertz CT molecular complexity index is 1500. The lowest BCUT2D eigenvalue weighted by molar-refractivity contribution is -0.145. The van der Waals surface area contributed by atoms with Crippen LogP contribution in [0.2, 0.25) is 0 Å². The van der Waals surface area contributed by atoms with Gasteiger partial charge in [0.05, 0.1) is 12.7 Å². The molecule has 2 amide bonds. The molecule has 0 aliphatic heterocycles. The van der Waals surface area contributed by atoms with Crippen LogP contribution in [0, 0.1) is 36.0 Å². The predicted molar refractivity (Wildman–Crippen MR) is 153 cm³/mol. The monoisotopic (exact) mass is 618 g/mol. The van der Waals surface area contributed by atoms with E-state index < -0.39 is 64.0 Å². The number of amides is 2. The van der Waals surface area contributed by atoms with Crippen LogP contribution in [0.15, 0.2) is 48.5 Å². The van der Waals surface area contributed by atoms with E-state index >= 15 is 0 Å². The average Bonchev–Trinajstić information content (AvgIpc) is 3.01. The van der Waals surface area contributed by atoms with Gasteiger partial charge in [0.1, 0.15) is 17.6 Å². The average molecular weight is 619 g/mol. The number of hydrogen-bond donors (Lipinski definition) is 3. The number of carbonyl (C=O) groups is 3. The highest BCUT2D eigenvalue weighted by Crippen LogP contribution is 2.28. The number of phenolic OH excluding ortho intramolecular Hbond substituents is 1. The Morgan fingerprint density at radius 2 is 1.48 bits per heavy atom. The lowest BCUT2D eigenvalue weighted by atomic mass is 10.00.